The van der Waals surface area contributed by atoms with Crippen LogP contribution in [-0.4, -0.2) is 68.7 Å². The first-order chi connectivity index (χ1) is 9.20. The Labute approximate surface area is 115 Å². The number of hydrogen-bond donors (Lipinski definition) is 1. The molecule has 1 N–H and O–H groups in total. The summed E-state index contributed by atoms with van der Waals surface area (Å²) in [6.07, 6.45) is 5.70. The Morgan fingerprint density at radius 3 is 3.16 bits per heavy atom. The molecule has 1 aliphatic carbocycles. The lowest BCUT2D eigenvalue weighted by atomic mass is 10.2. The molecule has 19 heavy (non-hydrogen) atoms. The molecule has 1 aliphatic heterocycles. The molecule has 0 bridgehead atoms. The maximum atomic E-state index is 12.2. The van der Waals surface area contributed by atoms with Gasteiger partial charge < -0.3 is 15.0 Å². The van der Waals surface area contributed by atoms with E-state index in [1.165, 1.54) is 12.1 Å². The first-order valence-corrected chi connectivity index (χ1v) is 7.15. The van der Waals surface area contributed by atoms with Crippen molar-refractivity contribution in [2.24, 2.45) is 0 Å². The minimum Gasteiger partial charge on any atom is -0.374 e. The van der Waals surface area contributed by atoms with Gasteiger partial charge in [-0.05, 0) is 26.3 Å². The minimum absolute atomic E-state index is 0.193. The fraction of sp³-hybridized carbons (Fsp3) is 0.786. The summed E-state index contributed by atoms with van der Waals surface area (Å²) in [7, 11) is 3.82. The van der Waals surface area contributed by atoms with E-state index in [0.29, 0.717) is 13.2 Å². The lowest BCUT2D eigenvalue weighted by Gasteiger charge is -2.33. The lowest BCUT2D eigenvalue weighted by molar-refractivity contribution is -0.131. The van der Waals surface area contributed by atoms with Crippen LogP contribution in [0.1, 0.15) is 19.3 Å². The van der Waals surface area contributed by atoms with Crippen LogP contribution in [0, 0.1) is 0 Å². The van der Waals surface area contributed by atoms with Gasteiger partial charge in [0.1, 0.15) is 0 Å². The van der Waals surface area contributed by atoms with Crippen molar-refractivity contribution in [3.05, 3.63) is 11.8 Å². The summed E-state index contributed by atoms with van der Waals surface area (Å²) in [5, 5.41) is 3.12. The van der Waals surface area contributed by atoms with Crippen molar-refractivity contribution >= 4 is 5.91 Å². The molecule has 0 aromatic rings. The molecule has 2 aliphatic rings. The number of nitrogens with zero attached hydrogens (tertiary/aromatic N) is 2. The number of ether oxygens (including phenoxy) is 1. The third-order valence-electron chi connectivity index (χ3n) is 3.84. The van der Waals surface area contributed by atoms with Crippen LogP contribution in [0.15, 0.2) is 11.8 Å². The third-order valence-corrected chi connectivity index (χ3v) is 3.84. The number of nitrogens with one attached hydrogen (secondary N) is 1. The SMILES string of the molecule is CNCC1CN(CC(=O)N(C)C2=CCCC2)CCO1. The number of carbonyl (C=O) groups excluding carboxylic acids is 1. The Morgan fingerprint density at radius 1 is 1.63 bits per heavy atom. The standard InChI is InChI=1S/C14H25N3O2/c1-15-9-13-10-17(7-8-19-13)11-14(18)16(2)12-5-3-4-6-12/h5,13,15H,3-4,6-11H2,1-2H3. The van der Waals surface area contributed by atoms with Crippen molar-refractivity contribution in [2.45, 2.75) is 25.4 Å². The first-order valence-electron chi connectivity index (χ1n) is 7.15. The monoisotopic (exact) mass is 267 g/mol. The Balaban J connectivity index is 1.81. The third kappa shape index (κ3) is 4.03. The molecule has 0 aromatic heterocycles. The van der Waals surface area contributed by atoms with Crippen LogP contribution < -0.4 is 5.32 Å². The van der Waals surface area contributed by atoms with Crippen LogP contribution in [0.5, 0.6) is 0 Å². The molecule has 1 unspecified atom stereocenters. The van der Waals surface area contributed by atoms with E-state index in [4.69, 9.17) is 4.74 Å². The summed E-state index contributed by atoms with van der Waals surface area (Å²) in [5.74, 6) is 0.193. The van der Waals surface area contributed by atoms with Crippen LogP contribution in [0.4, 0.5) is 0 Å². The molecule has 1 amide bonds. The highest BCUT2D eigenvalue weighted by molar-refractivity contribution is 5.79. The van der Waals surface area contributed by atoms with Gasteiger partial charge >= 0.3 is 0 Å². The van der Waals surface area contributed by atoms with Gasteiger partial charge in [0.15, 0.2) is 0 Å². The summed E-state index contributed by atoms with van der Waals surface area (Å²) >= 11 is 0. The lowest BCUT2D eigenvalue weighted by Crippen LogP contribution is -2.49. The molecule has 0 saturated carbocycles. The molecule has 5 heteroatoms. The number of rotatable bonds is 5. The fourth-order valence-corrected chi connectivity index (χ4v) is 2.69. The highest BCUT2D eigenvalue weighted by Crippen LogP contribution is 2.20. The molecular weight excluding hydrogens is 242 g/mol. The van der Waals surface area contributed by atoms with Crippen LogP contribution in [0.3, 0.4) is 0 Å². The number of amides is 1. The van der Waals surface area contributed by atoms with E-state index in [0.717, 1.165) is 32.5 Å². The largest absolute Gasteiger partial charge is 0.374 e. The van der Waals surface area contributed by atoms with Crippen molar-refractivity contribution in [3.63, 3.8) is 0 Å². The van der Waals surface area contributed by atoms with E-state index >= 15 is 0 Å². The predicted octanol–water partition coefficient (Wildman–Crippen LogP) is 0.433. The normalized spacial score (nSPS) is 24.3. The van der Waals surface area contributed by atoms with Crippen molar-refractivity contribution < 1.29 is 9.53 Å². The van der Waals surface area contributed by atoms with Gasteiger partial charge in [-0.2, -0.15) is 0 Å². The molecule has 0 aromatic carbocycles. The Bertz CT molecular complexity index is 342. The summed E-state index contributed by atoms with van der Waals surface area (Å²) in [6, 6.07) is 0. The molecule has 108 valence electrons. The second-order valence-electron chi connectivity index (χ2n) is 5.33. The highest BCUT2D eigenvalue weighted by atomic mass is 16.5. The quantitative estimate of drug-likeness (QED) is 0.785. The fourth-order valence-electron chi connectivity index (χ4n) is 2.69. The zero-order valence-corrected chi connectivity index (χ0v) is 12.0. The van der Waals surface area contributed by atoms with Gasteiger partial charge in [-0.3, -0.25) is 9.69 Å². The summed E-state index contributed by atoms with van der Waals surface area (Å²) in [6.45, 7) is 3.73. The van der Waals surface area contributed by atoms with Crippen LogP contribution >= 0.6 is 0 Å². The second kappa shape index (κ2) is 7.03. The molecule has 1 fully saturated rings. The van der Waals surface area contributed by atoms with E-state index in [-0.39, 0.29) is 12.0 Å². The number of hydrogen-bond acceptors (Lipinski definition) is 4. The maximum absolute atomic E-state index is 12.2. The topological polar surface area (TPSA) is 44.8 Å². The minimum atomic E-state index is 0.193. The summed E-state index contributed by atoms with van der Waals surface area (Å²) in [5.41, 5.74) is 1.19. The molecule has 1 heterocycles. The molecule has 1 atom stereocenters. The van der Waals surface area contributed by atoms with Crippen molar-refractivity contribution in [3.8, 4) is 0 Å². The average molecular weight is 267 g/mol. The van der Waals surface area contributed by atoms with Gasteiger partial charge in [-0.15, -0.1) is 0 Å². The van der Waals surface area contributed by atoms with Gasteiger partial charge in [-0.25, -0.2) is 0 Å². The summed E-state index contributed by atoms with van der Waals surface area (Å²) in [4.78, 5) is 16.3. The molecule has 1 saturated heterocycles. The van der Waals surface area contributed by atoms with Gasteiger partial charge in [-0.1, -0.05) is 6.08 Å². The van der Waals surface area contributed by atoms with E-state index in [9.17, 15) is 4.79 Å². The van der Waals surface area contributed by atoms with E-state index in [1.54, 1.807) is 0 Å². The van der Waals surface area contributed by atoms with Crippen molar-refractivity contribution in [2.75, 3.05) is 46.9 Å². The smallest absolute Gasteiger partial charge is 0.240 e. The number of likely N-dealkylation sites (N-methyl/N-ethyl adjacent to an activating group) is 2. The van der Waals surface area contributed by atoms with Crippen LogP contribution in [0.2, 0.25) is 0 Å². The van der Waals surface area contributed by atoms with Gasteiger partial charge in [0, 0.05) is 32.4 Å². The zero-order valence-electron chi connectivity index (χ0n) is 12.0. The van der Waals surface area contributed by atoms with E-state index in [2.05, 4.69) is 16.3 Å². The molecule has 0 radical (unpaired) electrons. The zero-order chi connectivity index (χ0) is 13.7. The number of carbonyl (C=O) groups is 1. The van der Waals surface area contributed by atoms with Crippen molar-refractivity contribution in [1.82, 2.24) is 15.1 Å². The Morgan fingerprint density at radius 2 is 2.47 bits per heavy atom. The van der Waals surface area contributed by atoms with E-state index in [1.807, 2.05) is 19.0 Å². The van der Waals surface area contributed by atoms with Gasteiger partial charge in [0.05, 0.1) is 19.3 Å². The average Bonchev–Trinajstić information content (AvgIpc) is 2.92. The van der Waals surface area contributed by atoms with E-state index < -0.39 is 0 Å². The molecule has 0 spiro atoms. The van der Waals surface area contributed by atoms with Crippen LogP contribution in [-0.2, 0) is 9.53 Å². The highest BCUT2D eigenvalue weighted by Gasteiger charge is 2.24. The predicted molar refractivity (Wildman–Crippen MR) is 74.8 cm³/mol. The number of allylic oxidation sites excluding steroid dienone is 2. The Kier molecular flexibility index (Phi) is 5.36. The first kappa shape index (κ1) is 14.5. The molecule has 2 rings (SSSR count). The molecular formula is C14H25N3O2. The molecule has 5 nitrogen and oxygen atoms in total. The van der Waals surface area contributed by atoms with Crippen molar-refractivity contribution in [1.29, 1.82) is 0 Å². The van der Waals surface area contributed by atoms with Crippen LogP contribution in [0.25, 0.3) is 0 Å². The summed E-state index contributed by atoms with van der Waals surface area (Å²) < 4.78 is 5.65. The Hall–Kier alpha value is -0.910. The number of morpholine rings is 1. The maximum Gasteiger partial charge on any atom is 0.240 e. The van der Waals surface area contributed by atoms with Gasteiger partial charge in [0.2, 0.25) is 5.91 Å². The van der Waals surface area contributed by atoms with Gasteiger partial charge in [0.25, 0.3) is 0 Å². The second-order valence-corrected chi connectivity index (χ2v) is 5.33.